The number of ether oxygens (including phenoxy) is 1. The van der Waals surface area contributed by atoms with Gasteiger partial charge in [0.2, 0.25) is 5.75 Å². The van der Waals surface area contributed by atoms with E-state index in [0.717, 1.165) is 43.9 Å². The lowest BCUT2D eigenvalue weighted by Gasteiger charge is -2.26. The van der Waals surface area contributed by atoms with Crippen LogP contribution in [0.25, 0.3) is 0 Å². The molecule has 1 aromatic rings. The van der Waals surface area contributed by atoms with E-state index in [1.165, 1.54) is 0 Å². The molecular weight excluding hydrogens is 291 g/mol. The second-order valence-electron chi connectivity index (χ2n) is 5.68. The van der Waals surface area contributed by atoms with Gasteiger partial charge < -0.3 is 10.1 Å². The molecule has 1 saturated carbocycles. The highest BCUT2D eigenvalue weighted by Gasteiger charge is 2.21. The summed E-state index contributed by atoms with van der Waals surface area (Å²) in [4.78, 5) is 22.0. The van der Waals surface area contributed by atoms with Crippen molar-refractivity contribution in [3.63, 3.8) is 0 Å². The molecule has 1 fully saturated rings. The number of nitrogens with one attached hydrogen (secondary N) is 1. The Balaban J connectivity index is 1.88. The number of nitro groups is 1. The van der Waals surface area contributed by atoms with Gasteiger partial charge in [-0.1, -0.05) is 6.92 Å². The Morgan fingerprint density at radius 3 is 2.73 bits per heavy atom. The third-order valence-electron chi connectivity index (χ3n) is 3.86. The molecule has 0 atom stereocenters. The minimum Gasteiger partial charge on any atom is -0.477 e. The van der Waals surface area contributed by atoms with Gasteiger partial charge in [0, 0.05) is 18.2 Å². The number of amides is 1. The zero-order valence-corrected chi connectivity index (χ0v) is 12.4. The van der Waals surface area contributed by atoms with Crippen molar-refractivity contribution in [1.82, 2.24) is 5.32 Å². The van der Waals surface area contributed by atoms with Crippen LogP contribution in [0.4, 0.5) is 10.1 Å². The maximum atomic E-state index is 13.1. The van der Waals surface area contributed by atoms with Crippen LogP contribution < -0.4 is 10.1 Å². The number of nitro benzene ring substituents is 1. The number of halogens is 1. The van der Waals surface area contributed by atoms with Crippen molar-refractivity contribution in [2.45, 2.75) is 38.6 Å². The number of carbonyl (C=O) groups excluding carboxylic acids is 1. The molecule has 1 aliphatic carbocycles. The van der Waals surface area contributed by atoms with Crippen molar-refractivity contribution in [1.29, 1.82) is 0 Å². The molecule has 0 spiro atoms. The minimum absolute atomic E-state index is 0.120. The highest BCUT2D eigenvalue weighted by Crippen LogP contribution is 2.27. The first-order valence-electron chi connectivity index (χ1n) is 7.32. The number of rotatable bonds is 5. The second-order valence-corrected chi connectivity index (χ2v) is 5.68. The van der Waals surface area contributed by atoms with E-state index in [9.17, 15) is 19.3 Å². The van der Waals surface area contributed by atoms with Crippen molar-refractivity contribution >= 4 is 11.6 Å². The standard InChI is InChI=1S/C15H19FN2O4/c1-10-2-5-12(6-3-10)17-15(19)9-22-14-8-11(16)4-7-13(14)18(20)21/h4,7-8,10,12H,2-3,5-6,9H2,1H3,(H,17,19). The molecular formula is C15H19FN2O4. The van der Waals surface area contributed by atoms with Gasteiger partial charge in [0.25, 0.3) is 5.91 Å². The molecule has 120 valence electrons. The third-order valence-corrected chi connectivity index (χ3v) is 3.86. The van der Waals surface area contributed by atoms with Gasteiger partial charge >= 0.3 is 5.69 Å². The van der Waals surface area contributed by atoms with Crippen LogP contribution in [0.3, 0.4) is 0 Å². The molecule has 0 radical (unpaired) electrons. The normalized spacial score (nSPS) is 21.2. The third kappa shape index (κ3) is 4.41. The smallest absolute Gasteiger partial charge is 0.311 e. The maximum absolute atomic E-state index is 13.1. The van der Waals surface area contributed by atoms with Crippen LogP contribution in [0.15, 0.2) is 18.2 Å². The van der Waals surface area contributed by atoms with E-state index < -0.39 is 10.7 Å². The SMILES string of the molecule is CC1CCC(NC(=O)COc2cc(F)ccc2[N+](=O)[O-])CC1. The van der Waals surface area contributed by atoms with Crippen molar-refractivity contribution < 1.29 is 18.8 Å². The number of hydrogen-bond donors (Lipinski definition) is 1. The average Bonchev–Trinajstić information content (AvgIpc) is 2.47. The predicted molar refractivity (Wildman–Crippen MR) is 78.1 cm³/mol. The molecule has 0 saturated heterocycles. The van der Waals surface area contributed by atoms with Gasteiger partial charge in [0.15, 0.2) is 6.61 Å². The monoisotopic (exact) mass is 310 g/mol. The van der Waals surface area contributed by atoms with Gasteiger partial charge in [-0.15, -0.1) is 0 Å². The summed E-state index contributed by atoms with van der Waals surface area (Å²) in [5, 5.41) is 13.7. The van der Waals surface area contributed by atoms with Gasteiger partial charge in [-0.05, 0) is 37.7 Å². The van der Waals surface area contributed by atoms with Crippen molar-refractivity contribution in [2.75, 3.05) is 6.61 Å². The van der Waals surface area contributed by atoms with E-state index in [2.05, 4.69) is 12.2 Å². The minimum atomic E-state index is -0.671. The van der Waals surface area contributed by atoms with Crippen LogP contribution in [0.5, 0.6) is 5.75 Å². The first-order chi connectivity index (χ1) is 10.5. The Hall–Kier alpha value is -2.18. The van der Waals surface area contributed by atoms with Crippen molar-refractivity contribution in [2.24, 2.45) is 5.92 Å². The second kappa shape index (κ2) is 7.20. The molecule has 0 unspecified atom stereocenters. The van der Waals surface area contributed by atoms with E-state index in [0.29, 0.717) is 5.92 Å². The molecule has 0 heterocycles. The fourth-order valence-corrected chi connectivity index (χ4v) is 2.57. The Morgan fingerprint density at radius 1 is 1.41 bits per heavy atom. The molecule has 0 aliphatic heterocycles. The Morgan fingerprint density at radius 2 is 2.09 bits per heavy atom. The number of carbonyl (C=O) groups is 1. The summed E-state index contributed by atoms with van der Waals surface area (Å²) in [5.41, 5.74) is -0.360. The molecule has 1 amide bonds. The number of benzene rings is 1. The summed E-state index contributed by atoms with van der Waals surface area (Å²) in [6.07, 6.45) is 3.99. The van der Waals surface area contributed by atoms with E-state index in [-0.39, 0.29) is 30.0 Å². The van der Waals surface area contributed by atoms with Crippen LogP contribution in [-0.4, -0.2) is 23.5 Å². The molecule has 0 aromatic heterocycles. The topological polar surface area (TPSA) is 81.5 Å². The molecule has 0 bridgehead atoms. The Labute approximate surface area is 127 Å². The predicted octanol–water partition coefficient (Wildman–Crippen LogP) is 2.81. The molecule has 6 nitrogen and oxygen atoms in total. The van der Waals surface area contributed by atoms with Crippen LogP contribution in [0.2, 0.25) is 0 Å². The summed E-state index contributed by atoms with van der Waals surface area (Å²) in [7, 11) is 0. The zero-order valence-electron chi connectivity index (χ0n) is 12.4. The Bertz CT molecular complexity index is 556. The van der Waals surface area contributed by atoms with E-state index >= 15 is 0 Å². The lowest BCUT2D eigenvalue weighted by molar-refractivity contribution is -0.385. The van der Waals surface area contributed by atoms with E-state index in [1.807, 2.05) is 0 Å². The zero-order chi connectivity index (χ0) is 16.1. The summed E-state index contributed by atoms with van der Waals surface area (Å²) >= 11 is 0. The lowest BCUT2D eigenvalue weighted by atomic mass is 9.87. The Kier molecular flexibility index (Phi) is 5.30. The summed E-state index contributed by atoms with van der Waals surface area (Å²) < 4.78 is 18.3. The largest absolute Gasteiger partial charge is 0.477 e. The summed E-state index contributed by atoms with van der Waals surface area (Å²) in [6.45, 7) is 1.82. The van der Waals surface area contributed by atoms with Gasteiger partial charge in [0.05, 0.1) is 4.92 Å². The first-order valence-corrected chi connectivity index (χ1v) is 7.32. The summed E-state index contributed by atoms with van der Waals surface area (Å²) in [6, 6.07) is 3.03. The van der Waals surface area contributed by atoms with Crippen LogP contribution in [0.1, 0.15) is 32.6 Å². The summed E-state index contributed by atoms with van der Waals surface area (Å²) in [5.74, 6) is -0.558. The number of hydrogen-bond acceptors (Lipinski definition) is 4. The fourth-order valence-electron chi connectivity index (χ4n) is 2.57. The molecule has 1 aliphatic rings. The van der Waals surface area contributed by atoms with Gasteiger partial charge in [-0.2, -0.15) is 0 Å². The molecule has 2 rings (SSSR count). The van der Waals surface area contributed by atoms with Crippen molar-refractivity contribution in [3.8, 4) is 5.75 Å². The highest BCUT2D eigenvalue weighted by molar-refractivity contribution is 5.78. The number of nitrogens with zero attached hydrogens (tertiary/aromatic N) is 1. The maximum Gasteiger partial charge on any atom is 0.311 e. The van der Waals surface area contributed by atoms with Gasteiger partial charge in [-0.25, -0.2) is 4.39 Å². The quantitative estimate of drug-likeness (QED) is 0.669. The van der Waals surface area contributed by atoms with Crippen LogP contribution in [0, 0.1) is 21.8 Å². The molecule has 1 aromatic carbocycles. The van der Waals surface area contributed by atoms with Gasteiger partial charge in [-0.3, -0.25) is 14.9 Å². The average molecular weight is 310 g/mol. The highest BCUT2D eigenvalue weighted by atomic mass is 19.1. The first kappa shape index (κ1) is 16.2. The van der Waals surface area contributed by atoms with Crippen molar-refractivity contribution in [3.05, 3.63) is 34.1 Å². The lowest BCUT2D eigenvalue weighted by Crippen LogP contribution is -2.39. The van der Waals surface area contributed by atoms with E-state index in [1.54, 1.807) is 0 Å². The molecule has 7 heteroatoms. The van der Waals surface area contributed by atoms with Gasteiger partial charge in [0.1, 0.15) is 5.82 Å². The molecule has 1 N–H and O–H groups in total. The van der Waals surface area contributed by atoms with Crippen LogP contribution in [-0.2, 0) is 4.79 Å². The molecule has 22 heavy (non-hydrogen) atoms. The van der Waals surface area contributed by atoms with Crippen LogP contribution >= 0.6 is 0 Å². The fraction of sp³-hybridized carbons (Fsp3) is 0.533. The van der Waals surface area contributed by atoms with E-state index in [4.69, 9.17) is 4.74 Å².